The summed E-state index contributed by atoms with van der Waals surface area (Å²) in [7, 11) is 0. The van der Waals surface area contributed by atoms with Crippen molar-refractivity contribution < 1.29 is 23.5 Å². The molecule has 1 aromatic carbocycles. The summed E-state index contributed by atoms with van der Waals surface area (Å²) in [6.45, 7) is 10.4. The maximum Gasteiger partial charge on any atom is 0.341 e. The van der Waals surface area contributed by atoms with Crippen molar-refractivity contribution in [1.82, 2.24) is 0 Å². The minimum atomic E-state index is -0.437. The molecule has 1 N–H and O–H groups in total. The highest BCUT2D eigenvalue weighted by Gasteiger charge is 2.38. The summed E-state index contributed by atoms with van der Waals surface area (Å²) in [6.07, 6.45) is 0.448. The van der Waals surface area contributed by atoms with E-state index < -0.39 is 5.97 Å². The molecule has 0 saturated carbocycles. The molecule has 0 saturated heterocycles. The minimum Gasteiger partial charge on any atom is -0.462 e. The summed E-state index contributed by atoms with van der Waals surface area (Å²) in [4.78, 5) is 26.6. The van der Waals surface area contributed by atoms with Gasteiger partial charge in [0.05, 0.1) is 30.8 Å². The van der Waals surface area contributed by atoms with Gasteiger partial charge in [0.2, 0.25) is 5.91 Å². The predicted octanol–water partition coefficient (Wildman–Crippen LogP) is 5.54. The number of benzene rings is 1. The zero-order valence-corrected chi connectivity index (χ0v) is 19.5. The largest absolute Gasteiger partial charge is 0.462 e. The Morgan fingerprint density at radius 2 is 2.00 bits per heavy atom. The monoisotopic (exact) mass is 447 g/mol. The van der Waals surface area contributed by atoms with Crippen LogP contribution in [-0.2, 0) is 27.1 Å². The van der Waals surface area contributed by atoms with E-state index in [4.69, 9.17) is 9.47 Å². The number of halogens is 1. The molecular weight excluding hydrogens is 417 g/mol. The van der Waals surface area contributed by atoms with Gasteiger partial charge in [-0.05, 0) is 42.0 Å². The molecule has 5 nitrogen and oxygen atoms in total. The first-order valence-corrected chi connectivity index (χ1v) is 11.5. The molecule has 31 heavy (non-hydrogen) atoms. The Labute approximate surface area is 186 Å². The van der Waals surface area contributed by atoms with Gasteiger partial charge in [-0.15, -0.1) is 11.3 Å². The Balaban J connectivity index is 1.97. The van der Waals surface area contributed by atoms with Gasteiger partial charge in [0.1, 0.15) is 10.8 Å². The number of carbonyl (C=O) groups is 2. The highest BCUT2D eigenvalue weighted by Crippen LogP contribution is 2.46. The number of carbonyl (C=O) groups excluding carboxylic acids is 2. The van der Waals surface area contributed by atoms with Crippen molar-refractivity contribution in [3.8, 4) is 0 Å². The highest BCUT2D eigenvalue weighted by atomic mass is 32.1. The Morgan fingerprint density at radius 3 is 2.61 bits per heavy atom. The third kappa shape index (κ3) is 5.33. The van der Waals surface area contributed by atoms with Gasteiger partial charge in [-0.1, -0.05) is 39.8 Å². The number of hydrogen-bond acceptors (Lipinski definition) is 5. The number of esters is 1. The van der Waals surface area contributed by atoms with Gasteiger partial charge in [-0.25, -0.2) is 9.18 Å². The van der Waals surface area contributed by atoms with Crippen LogP contribution in [0.3, 0.4) is 0 Å². The van der Waals surface area contributed by atoms with Gasteiger partial charge in [-0.3, -0.25) is 4.79 Å². The second kappa shape index (κ2) is 9.92. The molecule has 0 radical (unpaired) electrons. The smallest absolute Gasteiger partial charge is 0.341 e. The molecule has 0 fully saturated rings. The molecular formula is C24H30FNO4S. The Kier molecular flexibility index (Phi) is 7.49. The van der Waals surface area contributed by atoms with Gasteiger partial charge >= 0.3 is 5.97 Å². The molecule has 3 rings (SSSR count). The molecule has 2 aromatic rings. The summed E-state index contributed by atoms with van der Waals surface area (Å²) in [5, 5.41) is 3.35. The van der Waals surface area contributed by atoms with Crippen molar-refractivity contribution in [2.45, 2.75) is 59.7 Å². The van der Waals surface area contributed by atoms with Crippen molar-refractivity contribution in [3.63, 3.8) is 0 Å². The van der Waals surface area contributed by atoms with Crippen molar-refractivity contribution in [2.75, 3.05) is 11.9 Å². The zero-order valence-electron chi connectivity index (χ0n) is 18.7. The van der Waals surface area contributed by atoms with Crippen LogP contribution in [0.15, 0.2) is 24.3 Å². The molecule has 2 unspecified atom stereocenters. The Bertz CT molecular complexity index is 953. The quantitative estimate of drug-likeness (QED) is 0.566. The second-order valence-corrected chi connectivity index (χ2v) is 9.56. The molecule has 1 aromatic heterocycles. The van der Waals surface area contributed by atoms with E-state index in [2.05, 4.69) is 33.0 Å². The molecule has 0 aliphatic carbocycles. The van der Waals surface area contributed by atoms with Crippen LogP contribution in [0.5, 0.6) is 0 Å². The van der Waals surface area contributed by atoms with Crippen LogP contribution in [0.2, 0.25) is 0 Å². The molecule has 1 aliphatic heterocycles. The highest BCUT2D eigenvalue weighted by molar-refractivity contribution is 7.17. The fourth-order valence-corrected chi connectivity index (χ4v) is 5.22. The van der Waals surface area contributed by atoms with E-state index in [1.165, 1.54) is 23.5 Å². The summed E-state index contributed by atoms with van der Waals surface area (Å²) >= 11 is 1.38. The van der Waals surface area contributed by atoms with Crippen molar-refractivity contribution in [1.29, 1.82) is 0 Å². The first-order valence-electron chi connectivity index (χ1n) is 10.7. The Morgan fingerprint density at radius 1 is 1.26 bits per heavy atom. The average molecular weight is 448 g/mol. The van der Waals surface area contributed by atoms with Crippen LogP contribution in [0.1, 0.15) is 67.1 Å². The van der Waals surface area contributed by atoms with E-state index in [-0.39, 0.29) is 48.8 Å². The SMILES string of the molecule is CCOC(=O)c1c(NC(=O)Cc2cccc(F)c2)sc2c1CC(C(C)C)OC2C(C)C. The number of fused-ring (bicyclic) bond motifs is 1. The van der Waals surface area contributed by atoms with Crippen molar-refractivity contribution in [3.05, 3.63) is 51.7 Å². The number of amides is 1. The van der Waals surface area contributed by atoms with Crippen LogP contribution in [0.4, 0.5) is 9.39 Å². The molecule has 2 atom stereocenters. The number of nitrogens with one attached hydrogen (secondary N) is 1. The lowest BCUT2D eigenvalue weighted by Crippen LogP contribution is -2.32. The topological polar surface area (TPSA) is 64.6 Å². The zero-order chi connectivity index (χ0) is 22.7. The lowest BCUT2D eigenvalue weighted by Gasteiger charge is -2.34. The van der Waals surface area contributed by atoms with E-state index >= 15 is 0 Å². The molecule has 2 heterocycles. The minimum absolute atomic E-state index is 0.0152. The number of anilines is 1. The number of hydrogen-bond donors (Lipinski definition) is 1. The number of rotatable bonds is 7. The first-order chi connectivity index (χ1) is 14.7. The number of thiophene rings is 1. The normalized spacial score (nSPS) is 18.2. The standard InChI is InChI=1S/C24H30FNO4S/c1-6-29-24(28)20-17-12-18(13(2)3)30-21(14(4)5)22(17)31-23(20)26-19(27)11-15-8-7-9-16(25)10-15/h7-10,13-14,18,21H,6,11-12H2,1-5H3,(H,26,27). The first kappa shape index (κ1) is 23.4. The molecule has 0 bridgehead atoms. The van der Waals surface area contributed by atoms with Crippen molar-refractivity contribution >= 4 is 28.2 Å². The number of ether oxygens (including phenoxy) is 2. The molecule has 7 heteroatoms. The second-order valence-electron chi connectivity index (χ2n) is 8.51. The van der Waals surface area contributed by atoms with Crippen LogP contribution in [0.25, 0.3) is 0 Å². The van der Waals surface area contributed by atoms with Crippen LogP contribution in [-0.4, -0.2) is 24.6 Å². The van der Waals surface area contributed by atoms with Gasteiger partial charge < -0.3 is 14.8 Å². The van der Waals surface area contributed by atoms with E-state index in [9.17, 15) is 14.0 Å². The van der Waals surface area contributed by atoms with Gasteiger partial charge in [0.15, 0.2) is 0 Å². The average Bonchev–Trinajstić information content (AvgIpc) is 3.04. The fraction of sp³-hybridized carbons (Fsp3) is 0.500. The third-order valence-electron chi connectivity index (χ3n) is 5.36. The predicted molar refractivity (Wildman–Crippen MR) is 120 cm³/mol. The summed E-state index contributed by atoms with van der Waals surface area (Å²) < 4.78 is 25.2. The van der Waals surface area contributed by atoms with Crippen LogP contribution >= 0.6 is 11.3 Å². The summed E-state index contributed by atoms with van der Waals surface area (Å²) in [5.41, 5.74) is 1.90. The van der Waals surface area contributed by atoms with Crippen molar-refractivity contribution in [2.24, 2.45) is 11.8 Å². The molecule has 1 amide bonds. The molecule has 1 aliphatic rings. The lowest BCUT2D eigenvalue weighted by atomic mass is 9.89. The summed E-state index contributed by atoms with van der Waals surface area (Å²) in [6, 6.07) is 5.94. The lowest BCUT2D eigenvalue weighted by molar-refractivity contribution is -0.115. The maximum absolute atomic E-state index is 13.5. The summed E-state index contributed by atoms with van der Waals surface area (Å²) in [5.74, 6) is -0.633. The van der Waals surface area contributed by atoms with Gasteiger partial charge in [0, 0.05) is 11.3 Å². The van der Waals surface area contributed by atoms with Gasteiger partial charge in [-0.2, -0.15) is 0 Å². The third-order valence-corrected chi connectivity index (χ3v) is 6.57. The fourth-order valence-electron chi connectivity index (χ4n) is 3.78. The van der Waals surface area contributed by atoms with E-state index in [1.54, 1.807) is 19.1 Å². The molecule has 168 valence electrons. The van der Waals surface area contributed by atoms with E-state index in [1.807, 2.05) is 0 Å². The Hall–Kier alpha value is -2.25. The maximum atomic E-state index is 13.5. The van der Waals surface area contributed by atoms with E-state index in [0.29, 0.717) is 22.5 Å². The molecule has 0 spiro atoms. The van der Waals surface area contributed by atoms with Crippen LogP contribution < -0.4 is 5.32 Å². The van der Waals surface area contributed by atoms with Gasteiger partial charge in [0.25, 0.3) is 0 Å². The van der Waals surface area contributed by atoms with E-state index in [0.717, 1.165) is 10.4 Å². The van der Waals surface area contributed by atoms with Crippen LogP contribution in [0, 0.1) is 17.7 Å².